The minimum Gasteiger partial charge on any atom is -0.508 e. The summed E-state index contributed by atoms with van der Waals surface area (Å²) in [6.07, 6.45) is 1.28. The summed E-state index contributed by atoms with van der Waals surface area (Å²) in [5, 5.41) is 50.4. The summed E-state index contributed by atoms with van der Waals surface area (Å²) in [4.78, 5) is 140. The highest BCUT2D eigenvalue weighted by Crippen LogP contribution is 2.16. The molecule has 2 aromatic rings. The number of aliphatic carboxylic acids is 2. The van der Waals surface area contributed by atoms with Crippen LogP contribution in [0.3, 0.4) is 0 Å². The van der Waals surface area contributed by atoms with E-state index >= 15 is 0 Å². The maximum absolute atomic E-state index is 14.7. The van der Waals surface area contributed by atoms with Crippen LogP contribution in [-0.2, 0) is 60.8 Å². The van der Waals surface area contributed by atoms with Crippen molar-refractivity contribution in [1.82, 2.24) is 42.5 Å². The lowest BCUT2D eigenvalue weighted by atomic mass is 9.99. The number of carboxylic acids is 2. The maximum Gasteiger partial charge on any atom is 0.326 e. The second kappa shape index (κ2) is 36.0. The van der Waals surface area contributed by atoms with Crippen molar-refractivity contribution in [2.75, 3.05) is 18.6 Å². The van der Waals surface area contributed by atoms with Gasteiger partial charge >= 0.3 is 11.9 Å². The number of phenolic OH excluding ortho intramolecular Hbond substituents is 1. The van der Waals surface area contributed by atoms with Gasteiger partial charge in [-0.1, -0.05) is 84.0 Å². The highest BCUT2D eigenvalue weighted by atomic mass is 32.2. The number of hydrogen-bond donors (Lipinski definition) is 14. The number of rotatable bonds is 37. The lowest BCUT2D eigenvalue weighted by molar-refractivity contribution is -0.142. The van der Waals surface area contributed by atoms with E-state index in [1.54, 1.807) is 64.3 Å². The van der Waals surface area contributed by atoms with Crippen LogP contribution < -0.4 is 59.7 Å². The Labute approximate surface area is 478 Å². The molecule has 25 nitrogen and oxygen atoms in total. The first-order valence-corrected chi connectivity index (χ1v) is 28.5. The van der Waals surface area contributed by atoms with Gasteiger partial charge < -0.3 is 75.1 Å². The SMILES string of the molecule is CSCC[C@H](NC(=O)[C@H](C)NC(=O)[C@H](CC(C)C)NC(=O)[C@H](Cc1ccc(O)cc1)NC(=O)[C@H](Cc1ccccc1)NC(=O)[C@H](CCC(=O)O)NC(=O)[C@H](CC(C)C)NC(=O)[C@H](CC(C)C)NC(=O)[C@@H](N)CCCN=C(N)N)C(=O)O. The lowest BCUT2D eigenvalue weighted by Gasteiger charge is -2.29. The van der Waals surface area contributed by atoms with Crippen LogP contribution in [0.1, 0.15) is 111 Å². The molecule has 0 aliphatic heterocycles. The van der Waals surface area contributed by atoms with Crippen LogP contribution in [-0.4, -0.2) is 153 Å². The van der Waals surface area contributed by atoms with E-state index in [0.29, 0.717) is 23.3 Å². The number of carbonyl (C=O) groups excluding carboxylic acids is 8. The molecular weight excluding hydrogens is 1070 g/mol. The van der Waals surface area contributed by atoms with Gasteiger partial charge in [-0.25, -0.2) is 4.79 Å². The Kier molecular flexibility index (Phi) is 30.9. The minimum atomic E-state index is -1.60. The molecular formula is C55H86N12O13S. The second-order valence-corrected chi connectivity index (χ2v) is 22.2. The zero-order valence-electron chi connectivity index (χ0n) is 47.6. The molecule has 0 aliphatic rings. The van der Waals surface area contributed by atoms with Crippen molar-refractivity contribution in [1.29, 1.82) is 0 Å². The fourth-order valence-corrected chi connectivity index (χ4v) is 8.71. The van der Waals surface area contributed by atoms with E-state index in [4.69, 9.17) is 17.2 Å². The van der Waals surface area contributed by atoms with Gasteiger partial charge in [-0.2, -0.15) is 11.8 Å². The summed E-state index contributed by atoms with van der Waals surface area (Å²) >= 11 is 1.39. The largest absolute Gasteiger partial charge is 0.508 e. The molecule has 17 N–H and O–H groups in total. The molecule has 0 spiro atoms. The summed E-state index contributed by atoms with van der Waals surface area (Å²) < 4.78 is 0. The average molecular weight is 1160 g/mol. The number of nitrogens with one attached hydrogen (secondary N) is 8. The van der Waals surface area contributed by atoms with Crippen LogP contribution in [0, 0.1) is 17.8 Å². The van der Waals surface area contributed by atoms with Crippen molar-refractivity contribution < 1.29 is 63.3 Å². The Balaban J connectivity index is 2.53. The third-order valence-corrected chi connectivity index (χ3v) is 13.2. The summed E-state index contributed by atoms with van der Waals surface area (Å²) in [6.45, 7) is 12.4. The van der Waals surface area contributed by atoms with Crippen LogP contribution in [0.5, 0.6) is 5.75 Å². The Morgan fingerprint density at radius 2 is 0.914 bits per heavy atom. The Morgan fingerprint density at radius 3 is 1.36 bits per heavy atom. The molecule has 0 heterocycles. The molecule has 8 amide bonds. The molecule has 0 saturated heterocycles. The van der Waals surface area contributed by atoms with E-state index in [0.717, 1.165) is 0 Å². The normalized spacial score (nSPS) is 14.5. The van der Waals surface area contributed by atoms with Gasteiger partial charge in [-0.05, 0) is 105 Å². The van der Waals surface area contributed by atoms with E-state index in [1.165, 1.54) is 43.0 Å². The molecule has 0 fully saturated rings. The van der Waals surface area contributed by atoms with Crippen molar-refractivity contribution in [2.45, 2.75) is 167 Å². The third kappa shape index (κ3) is 27.5. The topological polar surface area (TPSA) is 418 Å². The first kappa shape index (κ1) is 69.6. The predicted octanol–water partition coefficient (Wildman–Crippen LogP) is 0.297. The molecule has 0 saturated carbocycles. The molecule has 26 heteroatoms. The molecule has 0 aromatic heterocycles. The van der Waals surface area contributed by atoms with Crippen LogP contribution in [0.25, 0.3) is 0 Å². The lowest BCUT2D eigenvalue weighted by Crippen LogP contribution is -2.61. The van der Waals surface area contributed by atoms with Crippen LogP contribution in [0.2, 0.25) is 0 Å². The number of thioether (sulfide) groups is 1. The van der Waals surface area contributed by atoms with Gasteiger partial charge in [-0.15, -0.1) is 0 Å². The van der Waals surface area contributed by atoms with Crippen molar-refractivity contribution in [2.24, 2.45) is 39.9 Å². The van der Waals surface area contributed by atoms with E-state index < -0.39 is 126 Å². The monoisotopic (exact) mass is 1150 g/mol. The summed E-state index contributed by atoms with van der Waals surface area (Å²) in [7, 11) is 0. The second-order valence-electron chi connectivity index (χ2n) is 21.2. The number of aromatic hydroxyl groups is 1. The standard InChI is InChI=1S/C55H86N12O13S/c1-30(2)25-40(49(74)60-33(7)46(71)62-39(54(79)80)22-24-81-8)64-52(77)44(29-35-16-18-36(68)19-17-35)67-53(78)43(28-34-13-10-9-11-14-34)66-48(73)38(20-21-45(69)70)61-50(75)42(27-32(5)6)65-51(76)41(26-31(3)4)63-47(72)37(56)15-12-23-59-55(57)58/h9-11,13-14,16-19,30-33,37-44,68H,12,15,20-29,56H2,1-8H3,(H,60,74)(H,61,75)(H,62,71)(H,63,72)(H,64,77)(H,65,76)(H,66,73)(H,67,78)(H,69,70)(H,79,80)(H4,57,58,59)/t33-,37-,38-,39-,40-,41-,42-,43-,44-/m0/s1. The van der Waals surface area contributed by atoms with Crippen LogP contribution in [0.15, 0.2) is 59.6 Å². The fourth-order valence-electron chi connectivity index (χ4n) is 8.24. The van der Waals surface area contributed by atoms with E-state index in [1.807, 2.05) is 13.8 Å². The minimum absolute atomic E-state index is 0.0424. The number of guanidine groups is 1. The van der Waals surface area contributed by atoms with Crippen molar-refractivity contribution in [3.8, 4) is 5.75 Å². The van der Waals surface area contributed by atoms with Gasteiger partial charge in [0.05, 0.1) is 6.04 Å². The first-order chi connectivity index (χ1) is 38.1. The van der Waals surface area contributed by atoms with Gasteiger partial charge in [0, 0.05) is 25.8 Å². The van der Waals surface area contributed by atoms with E-state index in [-0.39, 0.29) is 81.0 Å². The van der Waals surface area contributed by atoms with Gasteiger partial charge in [0.15, 0.2) is 5.96 Å². The number of carboxylic acid groups (broad SMARTS) is 2. The average Bonchev–Trinajstić information content (AvgIpc) is 3.39. The number of phenols is 1. The smallest absolute Gasteiger partial charge is 0.326 e. The summed E-state index contributed by atoms with van der Waals surface area (Å²) in [6, 6.07) is 2.46. The molecule has 2 rings (SSSR count). The van der Waals surface area contributed by atoms with Crippen LogP contribution in [0.4, 0.5) is 0 Å². The van der Waals surface area contributed by atoms with Gasteiger partial charge in [0.2, 0.25) is 47.3 Å². The molecule has 0 unspecified atom stereocenters. The molecule has 2 aromatic carbocycles. The molecule has 81 heavy (non-hydrogen) atoms. The number of amides is 8. The maximum atomic E-state index is 14.7. The number of aliphatic imine (C=N–C) groups is 1. The number of hydrogen-bond acceptors (Lipinski definition) is 14. The molecule has 0 aliphatic carbocycles. The predicted molar refractivity (Wildman–Crippen MR) is 307 cm³/mol. The van der Waals surface area contributed by atoms with E-state index in [2.05, 4.69) is 47.5 Å². The number of carbonyl (C=O) groups is 10. The van der Waals surface area contributed by atoms with Crippen LogP contribution >= 0.6 is 11.8 Å². The Morgan fingerprint density at radius 1 is 0.506 bits per heavy atom. The fraction of sp³-hybridized carbons (Fsp3) is 0.582. The van der Waals surface area contributed by atoms with Crippen molar-refractivity contribution in [3.63, 3.8) is 0 Å². The van der Waals surface area contributed by atoms with E-state index in [9.17, 15) is 63.3 Å². The summed E-state index contributed by atoms with van der Waals surface area (Å²) in [5.41, 5.74) is 17.9. The molecule has 0 radical (unpaired) electrons. The van der Waals surface area contributed by atoms with Gasteiger partial charge in [0.25, 0.3) is 0 Å². The third-order valence-electron chi connectivity index (χ3n) is 12.5. The highest BCUT2D eigenvalue weighted by molar-refractivity contribution is 7.98. The molecule has 450 valence electrons. The number of benzene rings is 2. The summed E-state index contributed by atoms with van der Waals surface area (Å²) in [5.74, 6) is -9.36. The Bertz CT molecular complexity index is 2430. The highest BCUT2D eigenvalue weighted by Gasteiger charge is 2.36. The van der Waals surface area contributed by atoms with Crippen molar-refractivity contribution >= 4 is 76.9 Å². The zero-order chi connectivity index (χ0) is 60.9. The quantitative estimate of drug-likeness (QED) is 0.0246. The van der Waals surface area contributed by atoms with Gasteiger partial charge in [0.1, 0.15) is 54.1 Å². The zero-order valence-corrected chi connectivity index (χ0v) is 48.4. The first-order valence-electron chi connectivity index (χ1n) is 27.1. The van der Waals surface area contributed by atoms with Gasteiger partial charge in [-0.3, -0.25) is 48.1 Å². The van der Waals surface area contributed by atoms with Crippen molar-refractivity contribution in [3.05, 3.63) is 65.7 Å². The number of nitrogens with zero attached hydrogens (tertiary/aromatic N) is 1. The molecule has 0 bridgehead atoms. The number of nitrogens with two attached hydrogens (primary N) is 3. The Hall–Kier alpha value is -7.48. The molecule has 9 atom stereocenters.